The zero-order valence-electron chi connectivity index (χ0n) is 11.4. The van der Waals surface area contributed by atoms with Crippen LogP contribution in [0.1, 0.15) is 27.2 Å². The number of nitrogens with one attached hydrogen (secondary N) is 1. The first-order chi connectivity index (χ1) is 8.68. The van der Waals surface area contributed by atoms with Crippen LogP contribution in [0.2, 0.25) is 0 Å². The third-order valence-corrected chi connectivity index (χ3v) is 3.21. The number of ether oxygens (including phenoxy) is 1. The summed E-state index contributed by atoms with van der Waals surface area (Å²) < 4.78 is 5.65. The number of aliphatic hydroxyl groups is 4. The van der Waals surface area contributed by atoms with Gasteiger partial charge in [-0.2, -0.15) is 0 Å². The van der Waals surface area contributed by atoms with Crippen molar-refractivity contribution in [2.24, 2.45) is 0 Å². The largest absolute Gasteiger partial charge is 0.394 e. The molecule has 1 aliphatic rings. The molecule has 0 aromatic carbocycles. The molecule has 0 spiro atoms. The Morgan fingerprint density at radius 2 is 2.05 bits per heavy atom. The van der Waals surface area contributed by atoms with Gasteiger partial charge >= 0.3 is 0 Å². The highest BCUT2D eigenvalue weighted by molar-refractivity contribution is 5.73. The van der Waals surface area contributed by atoms with Crippen LogP contribution >= 0.6 is 0 Å². The average molecular weight is 277 g/mol. The fourth-order valence-electron chi connectivity index (χ4n) is 2.36. The van der Waals surface area contributed by atoms with Crippen LogP contribution in [0.4, 0.5) is 0 Å². The van der Waals surface area contributed by atoms with E-state index in [1.807, 2.05) is 0 Å². The van der Waals surface area contributed by atoms with E-state index >= 15 is 0 Å². The topological polar surface area (TPSA) is 119 Å². The number of carbonyl (C=O) groups excluding carboxylic acids is 1. The molecule has 1 rings (SSSR count). The third-order valence-electron chi connectivity index (χ3n) is 3.21. The van der Waals surface area contributed by atoms with E-state index in [0.717, 1.165) is 0 Å². The predicted octanol–water partition coefficient (Wildman–Crippen LogP) is -1.87. The van der Waals surface area contributed by atoms with E-state index in [-0.39, 0.29) is 12.3 Å². The fraction of sp³-hybridized carbons (Fsp3) is 0.917. The number of hydrogen-bond donors (Lipinski definition) is 5. The highest BCUT2D eigenvalue weighted by atomic mass is 16.5. The molecule has 5 N–H and O–H groups in total. The van der Waals surface area contributed by atoms with E-state index in [0.29, 0.717) is 0 Å². The first-order valence-corrected chi connectivity index (χ1v) is 6.28. The van der Waals surface area contributed by atoms with Crippen molar-refractivity contribution in [2.75, 3.05) is 6.61 Å². The second-order valence-corrected chi connectivity index (χ2v) is 5.58. The quantitative estimate of drug-likeness (QED) is 0.411. The summed E-state index contributed by atoms with van der Waals surface area (Å²) in [5, 5.41) is 41.0. The molecule has 1 fully saturated rings. The van der Waals surface area contributed by atoms with Crippen LogP contribution in [0, 0.1) is 0 Å². The van der Waals surface area contributed by atoms with Crippen LogP contribution in [0.5, 0.6) is 0 Å². The summed E-state index contributed by atoms with van der Waals surface area (Å²) in [6.07, 6.45) is -4.42. The van der Waals surface area contributed by atoms with Gasteiger partial charge in [0.25, 0.3) is 0 Å². The van der Waals surface area contributed by atoms with Crippen molar-refractivity contribution in [3.8, 4) is 0 Å². The van der Waals surface area contributed by atoms with E-state index < -0.39 is 42.7 Å². The maximum atomic E-state index is 11.2. The third kappa shape index (κ3) is 4.12. The van der Waals surface area contributed by atoms with Gasteiger partial charge in [0.1, 0.15) is 18.3 Å². The van der Waals surface area contributed by atoms with E-state index in [4.69, 9.17) is 9.84 Å². The lowest BCUT2D eigenvalue weighted by atomic mass is 9.85. The summed E-state index contributed by atoms with van der Waals surface area (Å²) in [7, 11) is 0. The van der Waals surface area contributed by atoms with Crippen molar-refractivity contribution >= 4 is 5.91 Å². The molecule has 0 saturated carbocycles. The summed E-state index contributed by atoms with van der Waals surface area (Å²) in [5.74, 6) is -0.372. The monoisotopic (exact) mass is 277 g/mol. The Kier molecular flexibility index (Phi) is 5.28. The molecule has 1 heterocycles. The Bertz CT molecular complexity index is 321. The standard InChI is InChI=1S/C12H23NO6/c1-6(15)13-9-7(16)4-12(2,3)19-11(9)10(18)8(17)5-14/h7-11,14,16-18H,4-5H2,1-3H3,(H,13,15). The van der Waals surface area contributed by atoms with Crippen molar-refractivity contribution in [3.05, 3.63) is 0 Å². The van der Waals surface area contributed by atoms with Gasteiger partial charge < -0.3 is 30.5 Å². The Hall–Kier alpha value is -0.730. The molecule has 0 aromatic rings. The summed E-state index contributed by atoms with van der Waals surface area (Å²) >= 11 is 0. The van der Waals surface area contributed by atoms with Crippen LogP contribution in [0.25, 0.3) is 0 Å². The first kappa shape index (κ1) is 16.3. The van der Waals surface area contributed by atoms with Gasteiger partial charge in [-0.25, -0.2) is 0 Å². The molecule has 1 amide bonds. The van der Waals surface area contributed by atoms with Crippen molar-refractivity contribution in [1.82, 2.24) is 5.32 Å². The van der Waals surface area contributed by atoms with E-state index in [9.17, 15) is 20.1 Å². The van der Waals surface area contributed by atoms with Gasteiger partial charge in [-0.15, -0.1) is 0 Å². The number of aliphatic hydroxyl groups excluding tert-OH is 4. The molecular formula is C12H23NO6. The molecule has 0 aliphatic carbocycles. The van der Waals surface area contributed by atoms with Crippen LogP contribution in [0.3, 0.4) is 0 Å². The van der Waals surface area contributed by atoms with Gasteiger partial charge in [-0.05, 0) is 13.8 Å². The zero-order chi connectivity index (χ0) is 14.8. The Morgan fingerprint density at radius 3 is 2.53 bits per heavy atom. The van der Waals surface area contributed by atoms with Gasteiger partial charge in [0.2, 0.25) is 5.91 Å². The van der Waals surface area contributed by atoms with Crippen LogP contribution in [-0.4, -0.2) is 69.0 Å². The van der Waals surface area contributed by atoms with Gasteiger partial charge in [0.15, 0.2) is 0 Å². The first-order valence-electron chi connectivity index (χ1n) is 6.28. The molecule has 5 atom stereocenters. The van der Waals surface area contributed by atoms with Crippen LogP contribution in [-0.2, 0) is 9.53 Å². The maximum Gasteiger partial charge on any atom is 0.217 e. The molecule has 0 aromatic heterocycles. The highest BCUT2D eigenvalue weighted by Gasteiger charge is 2.46. The van der Waals surface area contributed by atoms with Crippen molar-refractivity contribution in [3.63, 3.8) is 0 Å². The second-order valence-electron chi connectivity index (χ2n) is 5.58. The van der Waals surface area contributed by atoms with Gasteiger partial charge in [0.05, 0.1) is 24.4 Å². The molecule has 7 heteroatoms. The minimum Gasteiger partial charge on any atom is -0.394 e. The average Bonchev–Trinajstić information content (AvgIpc) is 2.29. The summed E-state index contributed by atoms with van der Waals surface area (Å²) in [5.41, 5.74) is -0.699. The lowest BCUT2D eigenvalue weighted by Gasteiger charge is -2.46. The molecule has 1 aliphatic heterocycles. The Morgan fingerprint density at radius 1 is 1.47 bits per heavy atom. The normalized spacial score (nSPS) is 33.5. The summed E-state index contributed by atoms with van der Waals surface area (Å²) in [6.45, 7) is 4.14. The number of carbonyl (C=O) groups is 1. The molecule has 0 bridgehead atoms. The SMILES string of the molecule is CC(=O)NC1C(O)CC(C)(C)OC1C(O)C(O)CO. The molecule has 112 valence electrons. The van der Waals surface area contributed by atoms with Gasteiger partial charge in [-0.3, -0.25) is 4.79 Å². The fourth-order valence-corrected chi connectivity index (χ4v) is 2.36. The maximum absolute atomic E-state index is 11.2. The zero-order valence-corrected chi connectivity index (χ0v) is 11.4. The highest BCUT2D eigenvalue weighted by Crippen LogP contribution is 2.31. The lowest BCUT2D eigenvalue weighted by Crippen LogP contribution is -2.64. The van der Waals surface area contributed by atoms with Crippen LogP contribution in [0.15, 0.2) is 0 Å². The molecule has 0 radical (unpaired) electrons. The summed E-state index contributed by atoms with van der Waals surface area (Å²) in [4.78, 5) is 11.2. The molecular weight excluding hydrogens is 254 g/mol. The Labute approximate surface area is 112 Å². The Balaban J connectivity index is 2.93. The number of hydrogen-bond acceptors (Lipinski definition) is 6. The molecule has 19 heavy (non-hydrogen) atoms. The van der Waals surface area contributed by atoms with Crippen molar-refractivity contribution in [2.45, 2.75) is 63.3 Å². The number of amides is 1. The summed E-state index contributed by atoms with van der Waals surface area (Å²) in [6, 6.07) is -0.832. The van der Waals surface area contributed by atoms with E-state index in [2.05, 4.69) is 5.32 Å². The van der Waals surface area contributed by atoms with E-state index in [1.165, 1.54) is 6.92 Å². The van der Waals surface area contributed by atoms with E-state index in [1.54, 1.807) is 13.8 Å². The van der Waals surface area contributed by atoms with Crippen molar-refractivity contribution in [1.29, 1.82) is 0 Å². The lowest BCUT2D eigenvalue weighted by molar-refractivity contribution is -0.210. The predicted molar refractivity (Wildman–Crippen MR) is 66.3 cm³/mol. The van der Waals surface area contributed by atoms with Gasteiger partial charge in [-0.1, -0.05) is 0 Å². The van der Waals surface area contributed by atoms with Crippen LogP contribution < -0.4 is 5.32 Å². The van der Waals surface area contributed by atoms with Crippen molar-refractivity contribution < 1.29 is 30.0 Å². The second kappa shape index (κ2) is 6.15. The number of rotatable bonds is 4. The smallest absolute Gasteiger partial charge is 0.217 e. The molecule has 7 nitrogen and oxygen atoms in total. The minimum absolute atomic E-state index is 0.288. The minimum atomic E-state index is -1.41. The van der Waals surface area contributed by atoms with Gasteiger partial charge in [0, 0.05) is 13.3 Å². The molecule has 1 saturated heterocycles. The molecule has 5 unspecified atom stereocenters.